The molecule has 1 atom stereocenters. The van der Waals surface area contributed by atoms with Crippen molar-refractivity contribution >= 4 is 5.97 Å². The number of carbonyl (C=O) groups excluding carboxylic acids is 1. The molecule has 0 aromatic carbocycles. The van der Waals surface area contributed by atoms with E-state index < -0.39 is 11.6 Å². The van der Waals surface area contributed by atoms with E-state index in [0.29, 0.717) is 0 Å². The van der Waals surface area contributed by atoms with Gasteiger partial charge >= 0.3 is 5.97 Å². The third kappa shape index (κ3) is 3.31. The van der Waals surface area contributed by atoms with Crippen LogP contribution in [0, 0.1) is 22.7 Å². The molecule has 1 saturated carbocycles. The lowest BCUT2D eigenvalue weighted by atomic mass is 9.56. The number of methoxy groups -OCH3 is 1. The summed E-state index contributed by atoms with van der Waals surface area (Å²) in [6.07, 6.45) is 2.84. The molecule has 0 amide bonds. The third-order valence-electron chi connectivity index (χ3n) is 4.57. The minimum atomic E-state index is -1.37. The number of ether oxygens (including phenoxy) is 1. The molecule has 0 aliphatic heterocycles. The molecular formula is C16H30O3. The summed E-state index contributed by atoms with van der Waals surface area (Å²) in [4.78, 5) is 12.1. The zero-order valence-electron chi connectivity index (χ0n) is 13.5. The zero-order valence-corrected chi connectivity index (χ0v) is 13.5. The van der Waals surface area contributed by atoms with Crippen molar-refractivity contribution in [1.82, 2.24) is 0 Å². The van der Waals surface area contributed by atoms with Crippen LogP contribution in [0.5, 0.6) is 0 Å². The number of hydrogen-bond acceptors (Lipinski definition) is 3. The minimum absolute atomic E-state index is 0.0429. The number of esters is 1. The first-order chi connectivity index (χ1) is 8.44. The van der Waals surface area contributed by atoms with Gasteiger partial charge in [0.15, 0.2) is 5.60 Å². The predicted molar refractivity (Wildman–Crippen MR) is 76.7 cm³/mol. The largest absolute Gasteiger partial charge is 0.467 e. The van der Waals surface area contributed by atoms with E-state index in [-0.39, 0.29) is 22.7 Å². The van der Waals surface area contributed by atoms with Gasteiger partial charge in [-0.25, -0.2) is 4.79 Å². The van der Waals surface area contributed by atoms with Crippen LogP contribution in [0.25, 0.3) is 0 Å². The number of hydrogen-bond donors (Lipinski definition) is 1. The summed E-state index contributed by atoms with van der Waals surface area (Å²) in [7, 11) is 1.36. The fraction of sp³-hybridized carbons (Fsp3) is 0.938. The second kappa shape index (κ2) is 5.08. The molecule has 1 aliphatic rings. The molecule has 3 heteroatoms. The smallest absolute Gasteiger partial charge is 0.338 e. The van der Waals surface area contributed by atoms with E-state index in [1.807, 2.05) is 13.8 Å². The maximum atomic E-state index is 12.1. The van der Waals surface area contributed by atoms with Crippen LogP contribution in [0.3, 0.4) is 0 Å². The van der Waals surface area contributed by atoms with Crippen LogP contribution in [0.15, 0.2) is 0 Å². The lowest BCUT2D eigenvalue weighted by Gasteiger charge is -2.50. The molecule has 0 aromatic rings. The molecule has 112 valence electrons. The monoisotopic (exact) mass is 270 g/mol. The molecule has 0 bridgehead atoms. The maximum Gasteiger partial charge on any atom is 0.338 e. The molecule has 3 nitrogen and oxygen atoms in total. The van der Waals surface area contributed by atoms with Gasteiger partial charge in [0.1, 0.15) is 0 Å². The van der Waals surface area contributed by atoms with Gasteiger partial charge < -0.3 is 9.84 Å². The third-order valence-corrected chi connectivity index (χ3v) is 4.57. The number of aliphatic hydroxyl groups is 1. The summed E-state index contributed by atoms with van der Waals surface area (Å²) in [6, 6.07) is 0. The molecule has 1 aliphatic carbocycles. The molecule has 0 spiro atoms. The highest BCUT2D eigenvalue weighted by Crippen LogP contribution is 2.52. The van der Waals surface area contributed by atoms with Crippen molar-refractivity contribution in [3.8, 4) is 0 Å². The highest BCUT2D eigenvalue weighted by atomic mass is 16.5. The summed E-state index contributed by atoms with van der Waals surface area (Å²) in [5.41, 5.74) is -1.09. The molecule has 1 N–H and O–H groups in total. The maximum absolute atomic E-state index is 12.1. The first-order valence-electron chi connectivity index (χ1n) is 7.25. The van der Waals surface area contributed by atoms with Crippen LogP contribution in [-0.2, 0) is 9.53 Å². The molecule has 19 heavy (non-hydrogen) atoms. The van der Waals surface area contributed by atoms with E-state index >= 15 is 0 Å². The molecule has 0 saturated heterocycles. The van der Waals surface area contributed by atoms with Gasteiger partial charge in [0.05, 0.1) is 7.11 Å². The quantitative estimate of drug-likeness (QED) is 0.800. The van der Waals surface area contributed by atoms with Gasteiger partial charge in [-0.3, -0.25) is 0 Å². The van der Waals surface area contributed by atoms with Crippen LogP contribution in [0.2, 0.25) is 0 Å². The second-order valence-corrected chi connectivity index (χ2v) is 8.08. The van der Waals surface area contributed by atoms with Gasteiger partial charge in [0, 0.05) is 0 Å². The van der Waals surface area contributed by atoms with Gasteiger partial charge in [-0.1, -0.05) is 41.5 Å². The van der Waals surface area contributed by atoms with Crippen molar-refractivity contribution in [2.75, 3.05) is 7.11 Å². The Balaban J connectivity index is 3.13. The first kappa shape index (κ1) is 16.5. The Kier molecular flexibility index (Phi) is 4.41. The van der Waals surface area contributed by atoms with Crippen molar-refractivity contribution < 1.29 is 14.6 Å². The van der Waals surface area contributed by atoms with E-state index in [1.54, 1.807) is 0 Å². The Morgan fingerprint density at radius 3 is 1.95 bits per heavy atom. The highest BCUT2D eigenvalue weighted by molar-refractivity contribution is 5.80. The van der Waals surface area contributed by atoms with Crippen molar-refractivity contribution in [3.05, 3.63) is 0 Å². The standard InChI is InChI=1S/C16H30O3/c1-11(2)16(18,13(17)19-7)12-8-14(3,4)10-15(5,6)9-12/h11-12,18H,8-10H2,1-7H3. The average molecular weight is 270 g/mol. The van der Waals surface area contributed by atoms with Crippen LogP contribution < -0.4 is 0 Å². The summed E-state index contributed by atoms with van der Waals surface area (Å²) < 4.78 is 4.88. The van der Waals surface area contributed by atoms with Crippen molar-refractivity contribution in [1.29, 1.82) is 0 Å². The molecule has 1 fully saturated rings. The Hall–Kier alpha value is -0.570. The summed E-state index contributed by atoms with van der Waals surface area (Å²) in [5.74, 6) is -0.672. The molecular weight excluding hydrogens is 240 g/mol. The molecule has 0 heterocycles. The van der Waals surface area contributed by atoms with E-state index in [2.05, 4.69) is 27.7 Å². The van der Waals surface area contributed by atoms with Gasteiger partial charge in [-0.2, -0.15) is 0 Å². The summed E-state index contributed by atoms with van der Waals surface area (Å²) in [5, 5.41) is 11.0. The number of rotatable bonds is 3. The van der Waals surface area contributed by atoms with Crippen LogP contribution >= 0.6 is 0 Å². The summed E-state index contributed by atoms with van der Waals surface area (Å²) >= 11 is 0. The second-order valence-electron chi connectivity index (χ2n) is 8.08. The van der Waals surface area contributed by atoms with Crippen molar-refractivity contribution in [2.45, 2.75) is 66.4 Å². The van der Waals surface area contributed by atoms with Crippen LogP contribution in [0.4, 0.5) is 0 Å². The molecule has 1 unspecified atom stereocenters. The minimum Gasteiger partial charge on any atom is -0.467 e. The van der Waals surface area contributed by atoms with E-state index in [9.17, 15) is 9.90 Å². The van der Waals surface area contributed by atoms with Crippen molar-refractivity contribution in [2.24, 2.45) is 22.7 Å². The zero-order chi connectivity index (χ0) is 15.1. The van der Waals surface area contributed by atoms with Gasteiger partial charge in [-0.05, 0) is 41.9 Å². The van der Waals surface area contributed by atoms with E-state index in [4.69, 9.17) is 4.74 Å². The Bertz CT molecular complexity index is 328. The van der Waals surface area contributed by atoms with Crippen molar-refractivity contribution in [3.63, 3.8) is 0 Å². The lowest BCUT2D eigenvalue weighted by Crippen LogP contribution is -2.55. The Labute approximate surface area is 117 Å². The van der Waals surface area contributed by atoms with Gasteiger partial charge in [-0.15, -0.1) is 0 Å². The predicted octanol–water partition coefficient (Wildman–Crippen LogP) is 3.40. The van der Waals surface area contributed by atoms with E-state index in [1.165, 1.54) is 7.11 Å². The fourth-order valence-corrected chi connectivity index (χ4v) is 4.19. The normalized spacial score (nSPS) is 25.9. The SMILES string of the molecule is COC(=O)C(O)(C(C)C)C1CC(C)(C)CC(C)(C)C1. The fourth-order valence-electron chi connectivity index (χ4n) is 4.19. The Morgan fingerprint density at radius 2 is 1.63 bits per heavy atom. The topological polar surface area (TPSA) is 46.5 Å². The number of carbonyl (C=O) groups is 1. The lowest BCUT2D eigenvalue weighted by molar-refractivity contribution is -0.183. The van der Waals surface area contributed by atoms with Gasteiger partial charge in [0.25, 0.3) is 0 Å². The molecule has 0 aromatic heterocycles. The average Bonchev–Trinajstić information content (AvgIpc) is 2.22. The first-order valence-corrected chi connectivity index (χ1v) is 7.25. The van der Waals surface area contributed by atoms with E-state index in [0.717, 1.165) is 19.3 Å². The van der Waals surface area contributed by atoms with Gasteiger partial charge in [0.2, 0.25) is 0 Å². The van der Waals surface area contributed by atoms with Crippen LogP contribution in [-0.4, -0.2) is 23.8 Å². The molecule has 1 rings (SSSR count). The van der Waals surface area contributed by atoms with Crippen LogP contribution in [0.1, 0.15) is 60.8 Å². The summed E-state index contributed by atoms with van der Waals surface area (Å²) in [6.45, 7) is 12.7. The highest BCUT2D eigenvalue weighted by Gasteiger charge is 2.53. The molecule has 0 radical (unpaired) electrons. The Morgan fingerprint density at radius 1 is 1.21 bits per heavy atom.